The third-order valence-corrected chi connectivity index (χ3v) is 0.754. The summed E-state index contributed by atoms with van der Waals surface area (Å²) >= 11 is 0. The van der Waals surface area contributed by atoms with Gasteiger partial charge in [-0.25, -0.2) is 0 Å². The summed E-state index contributed by atoms with van der Waals surface area (Å²) in [7, 11) is 0. The maximum Gasteiger partial charge on any atom is 0.108 e. The van der Waals surface area contributed by atoms with Gasteiger partial charge < -0.3 is 4.74 Å². The molecule has 1 heteroatoms. The second kappa shape index (κ2) is 3.53. The number of hydrogen-bond acceptors (Lipinski definition) is 1. The van der Waals surface area contributed by atoms with Gasteiger partial charge in [0.2, 0.25) is 0 Å². The molecule has 0 saturated heterocycles. The third kappa shape index (κ3) is 7.52. The Balaban J connectivity index is 3.36. The summed E-state index contributed by atoms with van der Waals surface area (Å²) in [4.78, 5) is 0. The van der Waals surface area contributed by atoms with E-state index >= 15 is 0 Å². The van der Waals surface area contributed by atoms with E-state index in [1.165, 1.54) is 0 Å². The van der Waals surface area contributed by atoms with Crippen molar-refractivity contribution in [2.75, 3.05) is 6.61 Å². The maximum absolute atomic E-state index is 5.30. The monoisotopic (exact) mass is 126 g/mol. The molecule has 0 heterocycles. The zero-order valence-corrected chi connectivity index (χ0v) is 6.62. The van der Waals surface area contributed by atoms with Gasteiger partial charge in [0.25, 0.3) is 0 Å². The van der Waals surface area contributed by atoms with Crippen LogP contribution in [0.1, 0.15) is 27.7 Å². The highest BCUT2D eigenvalue weighted by molar-refractivity contribution is 4.95. The summed E-state index contributed by atoms with van der Waals surface area (Å²) in [5.41, 5.74) is -0.0517. The highest BCUT2D eigenvalue weighted by atomic mass is 16.5. The molecule has 0 aliphatic heterocycles. The van der Waals surface area contributed by atoms with Crippen LogP contribution in [-0.2, 0) is 4.74 Å². The van der Waals surface area contributed by atoms with Gasteiger partial charge in [-0.05, 0) is 27.7 Å². The molecule has 0 aliphatic rings. The molecule has 0 spiro atoms. The molecule has 0 bridgehead atoms. The van der Waals surface area contributed by atoms with Gasteiger partial charge in [0.15, 0.2) is 0 Å². The first kappa shape index (κ1) is 8.52. The van der Waals surface area contributed by atoms with Crippen molar-refractivity contribution < 1.29 is 4.74 Å². The third-order valence-electron chi connectivity index (χ3n) is 0.754. The molecule has 0 aliphatic carbocycles. The van der Waals surface area contributed by atoms with E-state index in [4.69, 9.17) is 4.74 Å². The van der Waals surface area contributed by atoms with Crippen LogP contribution in [0.5, 0.6) is 0 Å². The molecular formula is C8H14O. The SMILES string of the molecule is CC#CCOC(C)(C)C. The predicted molar refractivity (Wildman–Crippen MR) is 39.2 cm³/mol. The lowest BCUT2D eigenvalue weighted by atomic mass is 10.2. The second-order valence-corrected chi connectivity index (χ2v) is 2.83. The Morgan fingerprint density at radius 1 is 1.33 bits per heavy atom. The number of hydrogen-bond donors (Lipinski definition) is 0. The van der Waals surface area contributed by atoms with Crippen LogP contribution in [0.25, 0.3) is 0 Å². The average Bonchev–Trinajstić information content (AvgIpc) is 1.63. The molecule has 0 fully saturated rings. The van der Waals surface area contributed by atoms with Crippen LogP contribution in [-0.4, -0.2) is 12.2 Å². The zero-order chi connectivity index (χ0) is 7.33. The average molecular weight is 126 g/mol. The predicted octanol–water partition coefficient (Wildman–Crippen LogP) is 1.82. The minimum atomic E-state index is -0.0517. The summed E-state index contributed by atoms with van der Waals surface area (Å²) in [5, 5.41) is 0. The molecule has 0 aromatic rings. The summed E-state index contributed by atoms with van der Waals surface area (Å²) < 4.78 is 5.30. The summed E-state index contributed by atoms with van der Waals surface area (Å²) in [6.07, 6.45) is 0. The van der Waals surface area contributed by atoms with Crippen molar-refractivity contribution in [1.82, 2.24) is 0 Å². The van der Waals surface area contributed by atoms with Crippen molar-refractivity contribution in [2.24, 2.45) is 0 Å². The molecule has 1 nitrogen and oxygen atoms in total. The number of rotatable bonds is 1. The van der Waals surface area contributed by atoms with Gasteiger partial charge >= 0.3 is 0 Å². The molecule has 0 aromatic carbocycles. The quantitative estimate of drug-likeness (QED) is 0.487. The first-order valence-electron chi connectivity index (χ1n) is 3.10. The lowest BCUT2D eigenvalue weighted by Gasteiger charge is -2.16. The van der Waals surface area contributed by atoms with Gasteiger partial charge in [0.1, 0.15) is 6.61 Å². The Morgan fingerprint density at radius 3 is 2.22 bits per heavy atom. The molecule has 0 atom stereocenters. The van der Waals surface area contributed by atoms with Crippen LogP contribution < -0.4 is 0 Å². The fourth-order valence-electron chi connectivity index (χ4n) is 0.325. The Kier molecular flexibility index (Phi) is 3.34. The van der Waals surface area contributed by atoms with Crippen molar-refractivity contribution in [3.8, 4) is 11.8 Å². The zero-order valence-electron chi connectivity index (χ0n) is 6.62. The van der Waals surface area contributed by atoms with E-state index in [1.807, 2.05) is 27.7 Å². The summed E-state index contributed by atoms with van der Waals surface area (Å²) in [6, 6.07) is 0. The van der Waals surface area contributed by atoms with Gasteiger partial charge in [-0.1, -0.05) is 5.92 Å². The molecule has 9 heavy (non-hydrogen) atoms. The Hall–Kier alpha value is -0.480. The fourth-order valence-corrected chi connectivity index (χ4v) is 0.325. The Morgan fingerprint density at radius 2 is 1.89 bits per heavy atom. The highest BCUT2D eigenvalue weighted by Crippen LogP contribution is 2.04. The maximum atomic E-state index is 5.30. The molecule has 0 N–H and O–H groups in total. The minimum absolute atomic E-state index is 0.0517. The van der Waals surface area contributed by atoms with Crippen molar-refractivity contribution >= 4 is 0 Å². The summed E-state index contributed by atoms with van der Waals surface area (Å²) in [5.74, 6) is 5.60. The van der Waals surface area contributed by atoms with E-state index in [2.05, 4.69) is 11.8 Å². The molecular weight excluding hydrogens is 112 g/mol. The van der Waals surface area contributed by atoms with Gasteiger partial charge in [0.05, 0.1) is 5.60 Å². The van der Waals surface area contributed by atoms with Crippen LogP contribution in [0.2, 0.25) is 0 Å². The number of ether oxygens (including phenoxy) is 1. The molecule has 52 valence electrons. The molecule has 0 unspecified atom stereocenters. The van der Waals surface area contributed by atoms with Gasteiger partial charge in [-0.3, -0.25) is 0 Å². The van der Waals surface area contributed by atoms with Crippen molar-refractivity contribution in [2.45, 2.75) is 33.3 Å². The lowest BCUT2D eigenvalue weighted by molar-refractivity contribution is 0.0181. The van der Waals surface area contributed by atoms with E-state index in [-0.39, 0.29) is 5.60 Å². The molecule has 0 amide bonds. The molecule has 0 radical (unpaired) electrons. The van der Waals surface area contributed by atoms with Crippen LogP contribution >= 0.6 is 0 Å². The van der Waals surface area contributed by atoms with Gasteiger partial charge in [-0.2, -0.15) is 0 Å². The minimum Gasteiger partial charge on any atom is -0.363 e. The van der Waals surface area contributed by atoms with Gasteiger partial charge in [0, 0.05) is 0 Å². The second-order valence-electron chi connectivity index (χ2n) is 2.83. The van der Waals surface area contributed by atoms with E-state index in [9.17, 15) is 0 Å². The molecule has 0 saturated carbocycles. The first-order chi connectivity index (χ1) is 4.06. The van der Waals surface area contributed by atoms with E-state index in [1.54, 1.807) is 0 Å². The summed E-state index contributed by atoms with van der Waals surface area (Å²) in [6.45, 7) is 8.41. The van der Waals surface area contributed by atoms with E-state index < -0.39 is 0 Å². The van der Waals surface area contributed by atoms with Crippen LogP contribution in [0, 0.1) is 11.8 Å². The van der Waals surface area contributed by atoms with Crippen LogP contribution in [0.15, 0.2) is 0 Å². The van der Waals surface area contributed by atoms with E-state index in [0.717, 1.165) is 0 Å². The topological polar surface area (TPSA) is 9.23 Å². The van der Waals surface area contributed by atoms with Crippen molar-refractivity contribution in [3.63, 3.8) is 0 Å². The van der Waals surface area contributed by atoms with Crippen LogP contribution in [0.3, 0.4) is 0 Å². The fraction of sp³-hybridized carbons (Fsp3) is 0.750. The standard InChI is InChI=1S/C8H14O/c1-5-6-7-9-8(2,3)4/h7H2,1-4H3. The molecule has 0 rings (SSSR count). The Bertz CT molecular complexity index is 120. The van der Waals surface area contributed by atoms with Gasteiger partial charge in [-0.15, -0.1) is 5.92 Å². The highest BCUT2D eigenvalue weighted by Gasteiger charge is 2.07. The van der Waals surface area contributed by atoms with Crippen LogP contribution in [0.4, 0.5) is 0 Å². The van der Waals surface area contributed by atoms with E-state index in [0.29, 0.717) is 6.61 Å². The first-order valence-corrected chi connectivity index (χ1v) is 3.10. The lowest BCUT2D eigenvalue weighted by Crippen LogP contribution is -2.18. The smallest absolute Gasteiger partial charge is 0.108 e. The molecule has 0 aromatic heterocycles. The largest absolute Gasteiger partial charge is 0.363 e. The van der Waals surface area contributed by atoms with Crippen molar-refractivity contribution in [3.05, 3.63) is 0 Å². The van der Waals surface area contributed by atoms with Crippen molar-refractivity contribution in [1.29, 1.82) is 0 Å². The normalized spacial score (nSPS) is 10.2. The Labute approximate surface area is 57.4 Å².